The van der Waals surface area contributed by atoms with Crippen molar-refractivity contribution in [2.75, 3.05) is 7.05 Å². The fourth-order valence-corrected chi connectivity index (χ4v) is 2.83. The molecule has 2 N–H and O–H groups in total. The van der Waals surface area contributed by atoms with E-state index in [0.717, 1.165) is 15.6 Å². The molecule has 0 spiro atoms. The molecule has 0 aliphatic heterocycles. The molecular formula is C13H15FN2OS. The Morgan fingerprint density at radius 3 is 2.78 bits per heavy atom. The minimum atomic E-state index is -0.622. The van der Waals surface area contributed by atoms with Crippen LogP contribution >= 0.6 is 11.3 Å². The Kier molecular flexibility index (Phi) is 3.63. The van der Waals surface area contributed by atoms with E-state index in [1.807, 2.05) is 14.0 Å². The summed E-state index contributed by atoms with van der Waals surface area (Å²) in [5.74, 6) is -0.959. The van der Waals surface area contributed by atoms with Gasteiger partial charge in [-0.15, -0.1) is 11.3 Å². The minimum absolute atomic E-state index is 0.221. The zero-order valence-corrected chi connectivity index (χ0v) is 11.3. The maximum absolute atomic E-state index is 13.3. The number of rotatable bonds is 3. The number of halogens is 1. The molecule has 2 aromatic rings. The number of benzene rings is 1. The molecule has 96 valence electrons. The molecule has 1 aromatic carbocycles. The van der Waals surface area contributed by atoms with Crippen molar-refractivity contribution in [3.05, 3.63) is 34.6 Å². The van der Waals surface area contributed by atoms with E-state index in [2.05, 4.69) is 17.2 Å². The maximum Gasteiger partial charge on any atom is 0.165 e. The van der Waals surface area contributed by atoms with Crippen LogP contribution in [0.1, 0.15) is 23.5 Å². The lowest BCUT2D eigenvalue weighted by molar-refractivity contribution is 0.432. The van der Waals surface area contributed by atoms with Crippen LogP contribution in [0.15, 0.2) is 18.2 Å². The standard InChI is InChI=1S/C13H15FN2OS/c1-7(15-3)12-8(2)16-13(18-12)9-4-5-11(17)10(14)6-9/h4-7,15,17H,1-3H3. The summed E-state index contributed by atoms with van der Waals surface area (Å²) in [6, 6.07) is 4.55. The van der Waals surface area contributed by atoms with E-state index in [4.69, 9.17) is 0 Å². The molecule has 5 heteroatoms. The van der Waals surface area contributed by atoms with Crippen LogP contribution in [0.5, 0.6) is 5.75 Å². The van der Waals surface area contributed by atoms with Crippen molar-refractivity contribution in [2.45, 2.75) is 19.9 Å². The molecule has 0 radical (unpaired) electrons. The van der Waals surface area contributed by atoms with E-state index in [9.17, 15) is 9.50 Å². The summed E-state index contributed by atoms with van der Waals surface area (Å²) in [5.41, 5.74) is 1.64. The Morgan fingerprint density at radius 1 is 1.44 bits per heavy atom. The first kappa shape index (κ1) is 13.0. The highest BCUT2D eigenvalue weighted by Crippen LogP contribution is 2.33. The van der Waals surface area contributed by atoms with Crippen molar-refractivity contribution in [2.24, 2.45) is 0 Å². The zero-order chi connectivity index (χ0) is 13.3. The molecule has 0 saturated carbocycles. The summed E-state index contributed by atoms with van der Waals surface area (Å²) in [6.07, 6.45) is 0. The van der Waals surface area contributed by atoms with Crippen molar-refractivity contribution in [3.8, 4) is 16.3 Å². The van der Waals surface area contributed by atoms with E-state index >= 15 is 0 Å². The van der Waals surface area contributed by atoms with Crippen LogP contribution in [0.4, 0.5) is 4.39 Å². The van der Waals surface area contributed by atoms with Crippen LogP contribution in [-0.4, -0.2) is 17.1 Å². The van der Waals surface area contributed by atoms with Gasteiger partial charge in [-0.3, -0.25) is 0 Å². The van der Waals surface area contributed by atoms with Crippen molar-refractivity contribution in [1.82, 2.24) is 10.3 Å². The topological polar surface area (TPSA) is 45.1 Å². The van der Waals surface area contributed by atoms with Crippen LogP contribution < -0.4 is 5.32 Å². The molecule has 0 fully saturated rings. The number of phenolic OH excluding ortho intramolecular Hbond substituents is 1. The van der Waals surface area contributed by atoms with Gasteiger partial charge in [0.15, 0.2) is 11.6 Å². The Balaban J connectivity index is 2.42. The first-order chi connectivity index (χ1) is 8.52. The Bertz CT molecular complexity index is 568. The normalized spacial score (nSPS) is 12.7. The summed E-state index contributed by atoms with van der Waals surface area (Å²) >= 11 is 1.54. The summed E-state index contributed by atoms with van der Waals surface area (Å²) in [6.45, 7) is 4.00. The second-order valence-electron chi connectivity index (χ2n) is 4.15. The van der Waals surface area contributed by atoms with Gasteiger partial charge in [0, 0.05) is 16.5 Å². The third-order valence-corrected chi connectivity index (χ3v) is 4.24. The average molecular weight is 266 g/mol. The largest absolute Gasteiger partial charge is 0.505 e. The molecule has 3 nitrogen and oxygen atoms in total. The number of thiazole rings is 1. The summed E-state index contributed by atoms with van der Waals surface area (Å²) < 4.78 is 13.3. The van der Waals surface area contributed by atoms with Crippen LogP contribution in [0.3, 0.4) is 0 Å². The van der Waals surface area contributed by atoms with Gasteiger partial charge in [0.25, 0.3) is 0 Å². The molecule has 0 aliphatic rings. The summed E-state index contributed by atoms with van der Waals surface area (Å²) in [4.78, 5) is 5.59. The second-order valence-corrected chi connectivity index (χ2v) is 5.18. The molecule has 1 aromatic heterocycles. The highest BCUT2D eigenvalue weighted by atomic mass is 32.1. The fraction of sp³-hybridized carbons (Fsp3) is 0.308. The maximum atomic E-state index is 13.3. The number of aromatic hydroxyl groups is 1. The Morgan fingerprint density at radius 2 is 2.17 bits per heavy atom. The number of nitrogens with zero attached hydrogens (tertiary/aromatic N) is 1. The minimum Gasteiger partial charge on any atom is -0.505 e. The van der Waals surface area contributed by atoms with Gasteiger partial charge in [-0.05, 0) is 39.1 Å². The molecule has 0 amide bonds. The zero-order valence-electron chi connectivity index (χ0n) is 10.5. The number of phenols is 1. The number of aryl methyl sites for hydroxylation is 1. The van der Waals surface area contributed by atoms with E-state index in [0.29, 0.717) is 5.56 Å². The van der Waals surface area contributed by atoms with Gasteiger partial charge >= 0.3 is 0 Å². The number of hydrogen-bond acceptors (Lipinski definition) is 4. The lowest BCUT2D eigenvalue weighted by atomic mass is 10.2. The predicted octanol–water partition coefficient (Wildman–Crippen LogP) is 3.24. The van der Waals surface area contributed by atoms with Gasteiger partial charge in [0.05, 0.1) is 5.69 Å². The van der Waals surface area contributed by atoms with Gasteiger partial charge in [-0.2, -0.15) is 0 Å². The van der Waals surface area contributed by atoms with Gasteiger partial charge in [0.2, 0.25) is 0 Å². The number of aromatic nitrogens is 1. The van der Waals surface area contributed by atoms with Crippen molar-refractivity contribution >= 4 is 11.3 Å². The molecule has 1 atom stereocenters. The molecule has 2 rings (SSSR count). The van der Waals surface area contributed by atoms with Crippen LogP contribution in [0.25, 0.3) is 10.6 Å². The van der Waals surface area contributed by atoms with Gasteiger partial charge in [0.1, 0.15) is 5.01 Å². The van der Waals surface area contributed by atoms with E-state index in [1.54, 1.807) is 6.07 Å². The lowest BCUT2D eigenvalue weighted by Gasteiger charge is -2.06. The fourth-order valence-electron chi connectivity index (χ4n) is 1.70. The van der Waals surface area contributed by atoms with Crippen molar-refractivity contribution in [3.63, 3.8) is 0 Å². The van der Waals surface area contributed by atoms with Crippen LogP contribution in [-0.2, 0) is 0 Å². The molecule has 0 bridgehead atoms. The third kappa shape index (κ3) is 2.37. The predicted molar refractivity (Wildman–Crippen MR) is 71.4 cm³/mol. The molecule has 0 aliphatic carbocycles. The van der Waals surface area contributed by atoms with Gasteiger partial charge in [-0.25, -0.2) is 9.37 Å². The quantitative estimate of drug-likeness (QED) is 0.896. The molecular weight excluding hydrogens is 251 g/mol. The second kappa shape index (κ2) is 5.04. The van der Waals surface area contributed by atoms with Gasteiger partial charge < -0.3 is 10.4 Å². The molecule has 1 heterocycles. The monoisotopic (exact) mass is 266 g/mol. The smallest absolute Gasteiger partial charge is 0.165 e. The highest BCUT2D eigenvalue weighted by molar-refractivity contribution is 7.15. The molecule has 18 heavy (non-hydrogen) atoms. The highest BCUT2D eigenvalue weighted by Gasteiger charge is 2.14. The van der Waals surface area contributed by atoms with Crippen molar-refractivity contribution in [1.29, 1.82) is 0 Å². The number of nitrogens with one attached hydrogen (secondary N) is 1. The summed E-state index contributed by atoms with van der Waals surface area (Å²) in [5, 5.41) is 13.1. The SMILES string of the molecule is CNC(C)c1sc(-c2ccc(O)c(F)c2)nc1C. The average Bonchev–Trinajstić information content (AvgIpc) is 2.74. The van der Waals surface area contributed by atoms with E-state index in [1.165, 1.54) is 23.5 Å². The Labute approximate surface area is 109 Å². The third-order valence-electron chi connectivity index (χ3n) is 2.85. The van der Waals surface area contributed by atoms with Crippen LogP contribution in [0.2, 0.25) is 0 Å². The Hall–Kier alpha value is -1.46. The summed E-state index contributed by atoms with van der Waals surface area (Å²) in [7, 11) is 1.89. The number of hydrogen-bond donors (Lipinski definition) is 2. The van der Waals surface area contributed by atoms with E-state index < -0.39 is 5.82 Å². The molecule has 0 saturated heterocycles. The van der Waals surface area contributed by atoms with Crippen molar-refractivity contribution < 1.29 is 9.50 Å². The molecule has 1 unspecified atom stereocenters. The lowest BCUT2D eigenvalue weighted by Crippen LogP contribution is -2.11. The first-order valence-corrected chi connectivity index (χ1v) is 6.48. The van der Waals surface area contributed by atoms with Crippen LogP contribution in [0, 0.1) is 12.7 Å². The van der Waals surface area contributed by atoms with Gasteiger partial charge in [-0.1, -0.05) is 0 Å². The van der Waals surface area contributed by atoms with E-state index in [-0.39, 0.29) is 11.8 Å². The first-order valence-electron chi connectivity index (χ1n) is 5.66.